The SMILES string of the molecule is C=C(Cl)/C=C\C(=C)Oc1ccc(O)cc1. The lowest BCUT2D eigenvalue weighted by atomic mass is 10.3. The van der Waals surface area contributed by atoms with Gasteiger partial charge in [-0.1, -0.05) is 24.8 Å². The summed E-state index contributed by atoms with van der Waals surface area (Å²) in [6.45, 7) is 7.17. The molecule has 0 spiro atoms. The van der Waals surface area contributed by atoms with Crippen LogP contribution in [0.25, 0.3) is 0 Å². The first-order chi connectivity index (χ1) is 7.08. The van der Waals surface area contributed by atoms with Crippen LogP contribution in [-0.2, 0) is 0 Å². The zero-order valence-corrected chi connectivity index (χ0v) is 8.87. The maximum Gasteiger partial charge on any atom is 0.127 e. The third-order valence-electron chi connectivity index (χ3n) is 1.54. The fraction of sp³-hybridized carbons (Fsp3) is 0. The van der Waals surface area contributed by atoms with E-state index >= 15 is 0 Å². The van der Waals surface area contributed by atoms with E-state index < -0.39 is 0 Å². The molecule has 78 valence electrons. The number of benzene rings is 1. The number of halogens is 1. The smallest absolute Gasteiger partial charge is 0.127 e. The van der Waals surface area contributed by atoms with Gasteiger partial charge < -0.3 is 9.84 Å². The predicted octanol–water partition coefficient (Wildman–Crippen LogP) is 3.59. The van der Waals surface area contributed by atoms with Gasteiger partial charge in [0.05, 0.1) is 0 Å². The zero-order valence-electron chi connectivity index (χ0n) is 8.11. The van der Waals surface area contributed by atoms with Crippen molar-refractivity contribution in [2.45, 2.75) is 0 Å². The van der Waals surface area contributed by atoms with E-state index in [2.05, 4.69) is 13.2 Å². The maximum atomic E-state index is 9.05. The van der Waals surface area contributed by atoms with Gasteiger partial charge in [0.15, 0.2) is 0 Å². The molecule has 1 aromatic rings. The topological polar surface area (TPSA) is 29.5 Å². The first-order valence-electron chi connectivity index (χ1n) is 4.26. The van der Waals surface area contributed by atoms with E-state index in [1.807, 2.05) is 0 Å². The minimum Gasteiger partial charge on any atom is -0.508 e. The summed E-state index contributed by atoms with van der Waals surface area (Å²) in [6, 6.07) is 6.35. The normalized spacial score (nSPS) is 10.2. The number of phenols is 1. The summed E-state index contributed by atoms with van der Waals surface area (Å²) >= 11 is 5.53. The van der Waals surface area contributed by atoms with Gasteiger partial charge in [-0.25, -0.2) is 0 Å². The van der Waals surface area contributed by atoms with Crippen LogP contribution < -0.4 is 4.74 Å². The third-order valence-corrected chi connectivity index (χ3v) is 1.66. The number of allylic oxidation sites excluding steroid dienone is 3. The molecule has 15 heavy (non-hydrogen) atoms. The lowest BCUT2D eigenvalue weighted by molar-refractivity contribution is 0.441. The Hall–Kier alpha value is -1.67. The van der Waals surface area contributed by atoms with Crippen molar-refractivity contribution in [3.8, 4) is 11.5 Å². The van der Waals surface area contributed by atoms with Crippen molar-refractivity contribution in [3.63, 3.8) is 0 Å². The Balaban J connectivity index is 2.59. The Labute approximate surface area is 93.8 Å². The Kier molecular flexibility index (Phi) is 4.01. The van der Waals surface area contributed by atoms with Crippen molar-refractivity contribution in [3.05, 3.63) is 60.4 Å². The number of aromatic hydroxyl groups is 1. The van der Waals surface area contributed by atoms with Crippen molar-refractivity contribution >= 4 is 11.6 Å². The van der Waals surface area contributed by atoms with Gasteiger partial charge in [0.2, 0.25) is 0 Å². The second-order valence-corrected chi connectivity index (χ2v) is 3.33. The molecule has 0 unspecified atom stereocenters. The van der Waals surface area contributed by atoms with Crippen LogP contribution in [0.2, 0.25) is 0 Å². The Bertz CT molecular complexity index is 391. The average molecular weight is 223 g/mol. The minimum absolute atomic E-state index is 0.192. The molecule has 0 aliphatic carbocycles. The molecule has 1 rings (SSSR count). The molecule has 0 aliphatic rings. The van der Waals surface area contributed by atoms with Crippen molar-refractivity contribution in [1.29, 1.82) is 0 Å². The quantitative estimate of drug-likeness (QED) is 0.623. The van der Waals surface area contributed by atoms with E-state index in [9.17, 15) is 0 Å². The van der Waals surface area contributed by atoms with E-state index in [1.54, 1.807) is 24.3 Å². The van der Waals surface area contributed by atoms with Gasteiger partial charge in [-0.15, -0.1) is 0 Å². The second-order valence-electron chi connectivity index (χ2n) is 2.84. The highest BCUT2D eigenvalue weighted by molar-refractivity contribution is 6.30. The molecule has 3 heteroatoms. The van der Waals surface area contributed by atoms with Gasteiger partial charge in [-0.3, -0.25) is 0 Å². The average Bonchev–Trinajstić information content (AvgIpc) is 2.19. The molecule has 1 N–H and O–H groups in total. The van der Waals surface area contributed by atoms with Crippen molar-refractivity contribution < 1.29 is 9.84 Å². The molecule has 0 radical (unpaired) electrons. The molecule has 0 saturated carbocycles. The molecule has 0 bridgehead atoms. The largest absolute Gasteiger partial charge is 0.508 e. The van der Waals surface area contributed by atoms with Crippen LogP contribution in [-0.4, -0.2) is 5.11 Å². The highest BCUT2D eigenvalue weighted by Crippen LogP contribution is 2.18. The summed E-state index contributed by atoms with van der Waals surface area (Å²) in [5, 5.41) is 9.45. The fourth-order valence-corrected chi connectivity index (χ4v) is 0.946. The van der Waals surface area contributed by atoms with Crippen molar-refractivity contribution in [1.82, 2.24) is 0 Å². The zero-order chi connectivity index (χ0) is 11.3. The molecule has 0 aromatic heterocycles. The number of rotatable bonds is 4. The van der Waals surface area contributed by atoms with Crippen LogP contribution >= 0.6 is 11.6 Å². The third kappa shape index (κ3) is 4.38. The fourth-order valence-electron chi connectivity index (χ4n) is 0.883. The van der Waals surface area contributed by atoms with E-state index in [1.165, 1.54) is 12.1 Å². The van der Waals surface area contributed by atoms with Gasteiger partial charge in [-0.2, -0.15) is 0 Å². The van der Waals surface area contributed by atoms with Crippen molar-refractivity contribution in [2.75, 3.05) is 0 Å². The van der Waals surface area contributed by atoms with Crippen LogP contribution in [0.1, 0.15) is 0 Å². The predicted molar refractivity (Wildman–Crippen MR) is 62.0 cm³/mol. The first kappa shape index (κ1) is 11.4. The Morgan fingerprint density at radius 2 is 1.80 bits per heavy atom. The molecular formula is C12H11ClO2. The van der Waals surface area contributed by atoms with Crippen LogP contribution in [0.15, 0.2) is 60.4 Å². The molecule has 1 aromatic carbocycles. The molecule has 2 nitrogen and oxygen atoms in total. The number of hydrogen-bond donors (Lipinski definition) is 1. The van der Waals surface area contributed by atoms with Gasteiger partial charge in [0.25, 0.3) is 0 Å². The second kappa shape index (κ2) is 5.27. The van der Waals surface area contributed by atoms with Crippen molar-refractivity contribution in [2.24, 2.45) is 0 Å². The highest BCUT2D eigenvalue weighted by Gasteiger charge is 1.95. The Morgan fingerprint density at radius 1 is 1.20 bits per heavy atom. The van der Waals surface area contributed by atoms with Gasteiger partial charge in [0, 0.05) is 5.03 Å². The molecule has 0 fully saturated rings. The Morgan fingerprint density at radius 3 is 2.33 bits per heavy atom. The summed E-state index contributed by atoms with van der Waals surface area (Å²) in [4.78, 5) is 0. The van der Waals surface area contributed by atoms with Gasteiger partial charge in [0.1, 0.15) is 17.3 Å². The summed E-state index contributed by atoms with van der Waals surface area (Å²) in [6.07, 6.45) is 3.20. The maximum absolute atomic E-state index is 9.05. The summed E-state index contributed by atoms with van der Waals surface area (Å²) in [7, 11) is 0. The highest BCUT2D eigenvalue weighted by atomic mass is 35.5. The standard InChI is InChI=1S/C12H11ClO2/c1-9(13)3-4-10(2)15-12-7-5-11(14)6-8-12/h3-8,14H,1-2H2/b4-3-. The van der Waals surface area contributed by atoms with Gasteiger partial charge >= 0.3 is 0 Å². The van der Waals surface area contributed by atoms with E-state index in [-0.39, 0.29) is 5.75 Å². The van der Waals surface area contributed by atoms with E-state index in [0.717, 1.165) is 0 Å². The summed E-state index contributed by atoms with van der Waals surface area (Å²) in [5.74, 6) is 1.24. The minimum atomic E-state index is 0.192. The summed E-state index contributed by atoms with van der Waals surface area (Å²) < 4.78 is 5.33. The first-order valence-corrected chi connectivity index (χ1v) is 4.64. The number of ether oxygens (including phenoxy) is 1. The molecular weight excluding hydrogens is 212 g/mol. The molecule has 0 heterocycles. The van der Waals surface area contributed by atoms with Crippen LogP contribution in [0.3, 0.4) is 0 Å². The number of hydrogen-bond acceptors (Lipinski definition) is 2. The molecule has 0 amide bonds. The monoisotopic (exact) mass is 222 g/mol. The summed E-state index contributed by atoms with van der Waals surface area (Å²) in [5.41, 5.74) is 0. The van der Waals surface area contributed by atoms with E-state index in [4.69, 9.17) is 21.4 Å². The van der Waals surface area contributed by atoms with Gasteiger partial charge in [-0.05, 0) is 36.4 Å². The van der Waals surface area contributed by atoms with E-state index in [0.29, 0.717) is 16.5 Å². The lowest BCUT2D eigenvalue weighted by Crippen LogP contribution is -1.89. The van der Waals surface area contributed by atoms with Crippen LogP contribution in [0.4, 0.5) is 0 Å². The molecule has 0 aliphatic heterocycles. The molecule has 0 saturated heterocycles. The lowest BCUT2D eigenvalue weighted by Gasteiger charge is -2.04. The molecule has 0 atom stereocenters. The van der Waals surface area contributed by atoms with Crippen LogP contribution in [0.5, 0.6) is 11.5 Å². The van der Waals surface area contributed by atoms with Crippen LogP contribution in [0, 0.1) is 0 Å². The number of phenolic OH excluding ortho intramolecular Hbond substituents is 1.